The molecule has 0 aliphatic rings. The van der Waals surface area contributed by atoms with E-state index in [4.69, 9.17) is 5.73 Å². The van der Waals surface area contributed by atoms with Crippen molar-refractivity contribution in [1.82, 2.24) is 9.97 Å². The second kappa shape index (κ2) is 8.35. The predicted molar refractivity (Wildman–Crippen MR) is 116 cm³/mol. The molecule has 3 aromatic rings. The average Bonchev–Trinajstić information content (AvgIpc) is 3.06. The Morgan fingerprint density at radius 3 is 2.35 bits per heavy atom. The Kier molecular flexibility index (Phi) is 6.29. The lowest BCUT2D eigenvalue weighted by Crippen LogP contribution is -2.51. The minimum atomic E-state index is -5.08. The van der Waals surface area contributed by atoms with Gasteiger partial charge >= 0.3 is 6.18 Å². The predicted octanol–water partition coefficient (Wildman–Crippen LogP) is 3.41. The number of pyridine rings is 1. The SMILES string of the molecule is CC(C)(CC(O)(Cc1cc2nc(S(C)(=O)=O)ccc2[nH]1)C(F)(F)F)c1ccc(F)cc1C(N)=O. The molecule has 0 saturated heterocycles. The molecule has 2 heterocycles. The number of nitrogens with one attached hydrogen (secondary N) is 1. The number of primary amides is 1. The van der Waals surface area contributed by atoms with Crippen LogP contribution >= 0.6 is 0 Å². The monoisotopic (exact) mass is 501 g/mol. The molecule has 7 nitrogen and oxygen atoms in total. The van der Waals surface area contributed by atoms with Crippen LogP contribution in [0.5, 0.6) is 0 Å². The van der Waals surface area contributed by atoms with E-state index >= 15 is 0 Å². The van der Waals surface area contributed by atoms with Gasteiger partial charge in [-0.25, -0.2) is 17.8 Å². The maximum atomic E-state index is 14.1. The highest BCUT2D eigenvalue weighted by atomic mass is 32.2. The van der Waals surface area contributed by atoms with Crippen LogP contribution in [0.1, 0.15) is 41.9 Å². The van der Waals surface area contributed by atoms with E-state index in [1.807, 2.05) is 0 Å². The lowest BCUT2D eigenvalue weighted by molar-refractivity contribution is -0.266. The van der Waals surface area contributed by atoms with E-state index in [9.17, 15) is 35.9 Å². The number of hydrogen-bond acceptors (Lipinski definition) is 5. The van der Waals surface area contributed by atoms with Gasteiger partial charge in [0, 0.05) is 23.9 Å². The van der Waals surface area contributed by atoms with Gasteiger partial charge in [-0.1, -0.05) is 19.9 Å². The number of aliphatic hydroxyl groups is 1. The summed E-state index contributed by atoms with van der Waals surface area (Å²) >= 11 is 0. The molecule has 0 spiro atoms. The van der Waals surface area contributed by atoms with Crippen molar-refractivity contribution in [2.75, 3.05) is 6.26 Å². The van der Waals surface area contributed by atoms with E-state index in [1.54, 1.807) is 0 Å². The molecule has 1 amide bonds. The molecule has 2 aromatic heterocycles. The van der Waals surface area contributed by atoms with Gasteiger partial charge in [-0.3, -0.25) is 4.79 Å². The maximum Gasteiger partial charge on any atom is 0.417 e. The number of amides is 1. The third kappa shape index (κ3) is 5.07. The largest absolute Gasteiger partial charge is 0.417 e. The Morgan fingerprint density at radius 2 is 1.79 bits per heavy atom. The molecule has 0 saturated carbocycles. The fraction of sp³-hybridized carbons (Fsp3) is 0.364. The zero-order valence-electron chi connectivity index (χ0n) is 18.5. The summed E-state index contributed by atoms with van der Waals surface area (Å²) in [6, 6.07) is 6.84. The number of sulfone groups is 1. The van der Waals surface area contributed by atoms with Gasteiger partial charge in [-0.05, 0) is 47.7 Å². The topological polar surface area (TPSA) is 126 Å². The van der Waals surface area contributed by atoms with Crippen molar-refractivity contribution in [2.24, 2.45) is 5.73 Å². The molecule has 0 radical (unpaired) electrons. The highest BCUT2D eigenvalue weighted by molar-refractivity contribution is 7.90. The summed E-state index contributed by atoms with van der Waals surface area (Å²) in [5.41, 5.74) is 0.742. The number of nitrogens with two attached hydrogens (primary N) is 1. The van der Waals surface area contributed by atoms with Gasteiger partial charge in [0.25, 0.3) is 0 Å². The van der Waals surface area contributed by atoms with Crippen LogP contribution in [0.25, 0.3) is 11.0 Å². The number of carbonyl (C=O) groups is 1. The molecule has 34 heavy (non-hydrogen) atoms. The second-order valence-electron chi connectivity index (χ2n) is 8.97. The first-order valence-corrected chi connectivity index (χ1v) is 11.9. The third-order valence-corrected chi connectivity index (χ3v) is 6.59. The van der Waals surface area contributed by atoms with E-state index in [1.165, 1.54) is 38.1 Å². The lowest BCUT2D eigenvalue weighted by atomic mass is 9.72. The van der Waals surface area contributed by atoms with Crippen molar-refractivity contribution in [3.8, 4) is 0 Å². The van der Waals surface area contributed by atoms with Crippen LogP contribution in [0.3, 0.4) is 0 Å². The van der Waals surface area contributed by atoms with Gasteiger partial charge in [-0.2, -0.15) is 13.2 Å². The van der Waals surface area contributed by atoms with Gasteiger partial charge in [0.2, 0.25) is 5.91 Å². The number of aromatic nitrogens is 2. The minimum absolute atomic E-state index is 0.0296. The quantitative estimate of drug-likeness (QED) is 0.428. The lowest BCUT2D eigenvalue weighted by Gasteiger charge is -2.38. The first kappa shape index (κ1) is 25.6. The number of nitrogens with zero attached hydrogens (tertiary/aromatic N) is 1. The van der Waals surface area contributed by atoms with Crippen molar-refractivity contribution in [3.63, 3.8) is 0 Å². The zero-order chi connectivity index (χ0) is 25.7. The number of alkyl halides is 3. The number of rotatable bonds is 7. The second-order valence-corrected chi connectivity index (χ2v) is 10.9. The minimum Gasteiger partial charge on any atom is -0.380 e. The Labute approximate surface area is 192 Å². The standard InChI is InChI=1S/C22H23F4N3O4S/c1-20(2,15-5-4-12(23)8-14(15)19(27)30)11-21(31,22(24,25)26)10-13-9-17-16(28-13)6-7-18(29-17)34(3,32)33/h4-9,28,31H,10-11H2,1-3H3,(H2,27,30). The maximum absolute atomic E-state index is 14.1. The molecule has 3 rings (SSSR count). The van der Waals surface area contributed by atoms with E-state index in [2.05, 4.69) is 9.97 Å². The summed E-state index contributed by atoms with van der Waals surface area (Å²) in [5, 5.41) is 10.6. The van der Waals surface area contributed by atoms with Crippen molar-refractivity contribution in [2.45, 2.75) is 48.9 Å². The normalized spacial score (nSPS) is 14.8. The summed E-state index contributed by atoms with van der Waals surface area (Å²) in [7, 11) is -3.63. The molecule has 12 heteroatoms. The van der Waals surface area contributed by atoms with Gasteiger partial charge < -0.3 is 15.8 Å². The summed E-state index contributed by atoms with van der Waals surface area (Å²) in [6.45, 7) is 2.77. The summed E-state index contributed by atoms with van der Waals surface area (Å²) in [6.07, 6.45) is -5.92. The first-order valence-electron chi connectivity index (χ1n) is 10.0. The smallest absolute Gasteiger partial charge is 0.380 e. The average molecular weight is 502 g/mol. The van der Waals surface area contributed by atoms with E-state index < -0.39 is 51.6 Å². The molecular formula is C22H23F4N3O4S. The van der Waals surface area contributed by atoms with Crippen molar-refractivity contribution >= 4 is 26.8 Å². The Hall–Kier alpha value is -2.99. The van der Waals surface area contributed by atoms with Crippen molar-refractivity contribution in [3.05, 3.63) is 59.0 Å². The molecule has 0 aliphatic carbocycles. The zero-order valence-corrected chi connectivity index (χ0v) is 19.3. The van der Waals surface area contributed by atoms with Crippen molar-refractivity contribution < 1.29 is 35.9 Å². The number of aromatic amines is 1. The molecule has 0 fully saturated rings. The summed E-state index contributed by atoms with van der Waals surface area (Å²) in [5.74, 6) is -1.79. The fourth-order valence-electron chi connectivity index (χ4n) is 4.06. The van der Waals surface area contributed by atoms with Crippen LogP contribution in [-0.4, -0.2) is 47.4 Å². The van der Waals surface area contributed by atoms with Crippen LogP contribution < -0.4 is 5.73 Å². The molecule has 1 unspecified atom stereocenters. The van der Waals surface area contributed by atoms with Gasteiger partial charge in [0.05, 0.1) is 11.0 Å². The van der Waals surface area contributed by atoms with Gasteiger partial charge in [0.15, 0.2) is 20.5 Å². The number of benzene rings is 1. The molecule has 0 bridgehead atoms. The van der Waals surface area contributed by atoms with E-state index in [0.717, 1.165) is 18.4 Å². The number of hydrogen-bond donors (Lipinski definition) is 3. The van der Waals surface area contributed by atoms with Crippen LogP contribution in [0.4, 0.5) is 17.6 Å². The van der Waals surface area contributed by atoms with Gasteiger partial charge in [0.1, 0.15) is 5.82 Å². The van der Waals surface area contributed by atoms with Crippen LogP contribution in [0, 0.1) is 5.82 Å². The van der Waals surface area contributed by atoms with Crippen LogP contribution in [-0.2, 0) is 21.7 Å². The molecular weight excluding hydrogens is 478 g/mol. The van der Waals surface area contributed by atoms with Crippen LogP contribution in [0.15, 0.2) is 41.4 Å². The first-order chi connectivity index (χ1) is 15.4. The van der Waals surface area contributed by atoms with E-state index in [0.29, 0.717) is 5.52 Å². The van der Waals surface area contributed by atoms with Crippen LogP contribution in [0.2, 0.25) is 0 Å². The summed E-state index contributed by atoms with van der Waals surface area (Å²) < 4.78 is 79.4. The van der Waals surface area contributed by atoms with Crippen molar-refractivity contribution in [1.29, 1.82) is 0 Å². The number of halogens is 4. The number of H-pyrrole nitrogens is 1. The molecule has 1 atom stereocenters. The van der Waals surface area contributed by atoms with Gasteiger partial charge in [-0.15, -0.1) is 0 Å². The molecule has 4 N–H and O–H groups in total. The molecule has 0 aliphatic heterocycles. The highest BCUT2D eigenvalue weighted by Crippen LogP contribution is 2.44. The summed E-state index contributed by atoms with van der Waals surface area (Å²) in [4.78, 5) is 18.5. The Morgan fingerprint density at radius 1 is 1.15 bits per heavy atom. The van der Waals surface area contributed by atoms with E-state index in [-0.39, 0.29) is 27.4 Å². The highest BCUT2D eigenvalue weighted by Gasteiger charge is 2.56. The fourth-order valence-corrected chi connectivity index (χ4v) is 4.64. The molecule has 1 aromatic carbocycles. The number of fused-ring (bicyclic) bond motifs is 1. The third-order valence-electron chi connectivity index (χ3n) is 5.61. The molecule has 184 valence electrons. The Bertz CT molecular complexity index is 1370. The Balaban J connectivity index is 2.02. The number of carbonyl (C=O) groups excluding carboxylic acids is 1.